The first-order valence-electron chi connectivity index (χ1n) is 6.41. The molecule has 0 fully saturated rings. The molecule has 1 heterocycles. The lowest BCUT2D eigenvalue weighted by Gasteiger charge is -2.10. The van der Waals surface area contributed by atoms with E-state index in [2.05, 4.69) is 31.0 Å². The second-order valence-corrected chi connectivity index (χ2v) is 7.04. The van der Waals surface area contributed by atoms with E-state index < -0.39 is 10.0 Å². The Bertz CT molecular complexity index is 730. The van der Waals surface area contributed by atoms with Crippen molar-refractivity contribution in [1.29, 1.82) is 0 Å². The molecule has 1 aromatic heterocycles. The largest absolute Gasteiger partial charge is 0.370 e. The number of halogens is 1. The van der Waals surface area contributed by atoms with Crippen LogP contribution in [0.15, 0.2) is 45.9 Å². The van der Waals surface area contributed by atoms with Crippen molar-refractivity contribution >= 4 is 37.5 Å². The summed E-state index contributed by atoms with van der Waals surface area (Å²) in [6.07, 6.45) is 1.34. The summed E-state index contributed by atoms with van der Waals surface area (Å²) in [5.41, 5.74) is 1.54. The van der Waals surface area contributed by atoms with Crippen LogP contribution in [0.5, 0.6) is 0 Å². The van der Waals surface area contributed by atoms with Gasteiger partial charge in [0.15, 0.2) is 0 Å². The number of nitrogens with one attached hydrogen (secondary N) is 2. The van der Waals surface area contributed by atoms with Gasteiger partial charge in [0.1, 0.15) is 10.7 Å². The van der Waals surface area contributed by atoms with Crippen LogP contribution in [0.4, 0.5) is 11.5 Å². The summed E-state index contributed by atoms with van der Waals surface area (Å²) in [4.78, 5) is 4.19. The van der Waals surface area contributed by atoms with Crippen molar-refractivity contribution in [2.45, 2.75) is 18.7 Å². The van der Waals surface area contributed by atoms with E-state index in [0.717, 1.165) is 12.1 Å². The third kappa shape index (κ3) is 3.95. The minimum Gasteiger partial charge on any atom is -0.370 e. The Morgan fingerprint density at radius 2 is 2.00 bits per heavy atom. The zero-order chi connectivity index (χ0) is 15.5. The van der Waals surface area contributed by atoms with E-state index in [1.807, 2.05) is 26.0 Å². The van der Waals surface area contributed by atoms with Crippen LogP contribution in [0.3, 0.4) is 0 Å². The summed E-state index contributed by atoms with van der Waals surface area (Å²) >= 11 is 3.35. The first-order valence-corrected chi connectivity index (χ1v) is 8.69. The maximum absolute atomic E-state index is 12.3. The fourth-order valence-electron chi connectivity index (χ4n) is 1.73. The maximum Gasteiger partial charge on any atom is 0.263 e. The molecular formula is C14H16BrN3O2S. The summed E-state index contributed by atoms with van der Waals surface area (Å²) in [6, 6.07) is 8.58. The van der Waals surface area contributed by atoms with Crippen LogP contribution in [-0.2, 0) is 10.0 Å². The van der Waals surface area contributed by atoms with Gasteiger partial charge in [-0.25, -0.2) is 13.4 Å². The molecular weight excluding hydrogens is 354 g/mol. The van der Waals surface area contributed by atoms with Gasteiger partial charge >= 0.3 is 0 Å². The molecule has 0 saturated heterocycles. The van der Waals surface area contributed by atoms with Crippen molar-refractivity contribution in [1.82, 2.24) is 4.98 Å². The minimum absolute atomic E-state index is 0.122. The number of hydrogen-bond acceptors (Lipinski definition) is 4. The van der Waals surface area contributed by atoms with Crippen LogP contribution >= 0.6 is 15.9 Å². The molecule has 2 aromatic rings. The van der Waals surface area contributed by atoms with Gasteiger partial charge < -0.3 is 5.32 Å². The Kier molecular flexibility index (Phi) is 4.84. The van der Waals surface area contributed by atoms with Gasteiger partial charge in [0, 0.05) is 17.2 Å². The number of aromatic nitrogens is 1. The highest BCUT2D eigenvalue weighted by atomic mass is 79.9. The zero-order valence-corrected chi connectivity index (χ0v) is 14.1. The van der Waals surface area contributed by atoms with Crippen molar-refractivity contribution in [2.75, 3.05) is 16.6 Å². The second kappa shape index (κ2) is 6.44. The van der Waals surface area contributed by atoms with Crippen LogP contribution in [0.1, 0.15) is 12.5 Å². The molecule has 0 bridgehead atoms. The van der Waals surface area contributed by atoms with Gasteiger partial charge in [-0.05, 0) is 59.6 Å². The van der Waals surface area contributed by atoms with Crippen molar-refractivity contribution in [3.05, 3.63) is 46.6 Å². The third-order valence-electron chi connectivity index (χ3n) is 2.77. The number of hydrogen-bond donors (Lipinski definition) is 2. The molecule has 0 unspecified atom stereocenters. The van der Waals surface area contributed by atoms with Crippen molar-refractivity contribution in [2.24, 2.45) is 0 Å². The molecule has 0 amide bonds. The highest BCUT2D eigenvalue weighted by molar-refractivity contribution is 9.10. The maximum atomic E-state index is 12.3. The normalized spacial score (nSPS) is 11.2. The highest BCUT2D eigenvalue weighted by Gasteiger charge is 2.16. The van der Waals surface area contributed by atoms with Crippen LogP contribution in [-0.4, -0.2) is 19.9 Å². The minimum atomic E-state index is -3.65. The van der Waals surface area contributed by atoms with E-state index in [1.165, 1.54) is 12.3 Å². The predicted molar refractivity (Wildman–Crippen MR) is 88.1 cm³/mol. The lowest BCUT2D eigenvalue weighted by molar-refractivity contribution is 0.601. The van der Waals surface area contributed by atoms with Gasteiger partial charge in [0.2, 0.25) is 0 Å². The number of pyridine rings is 1. The molecule has 7 heteroatoms. The first-order chi connectivity index (χ1) is 9.92. The van der Waals surface area contributed by atoms with E-state index in [1.54, 1.807) is 12.1 Å². The molecule has 0 atom stereocenters. The molecule has 0 aliphatic rings. The van der Waals surface area contributed by atoms with Gasteiger partial charge in [-0.3, -0.25) is 4.72 Å². The third-order valence-corrected chi connectivity index (χ3v) is 4.78. The van der Waals surface area contributed by atoms with Gasteiger partial charge in [0.25, 0.3) is 10.0 Å². The number of anilines is 2. The Morgan fingerprint density at radius 3 is 2.57 bits per heavy atom. The topological polar surface area (TPSA) is 71.1 Å². The molecule has 21 heavy (non-hydrogen) atoms. The lowest BCUT2D eigenvalue weighted by atomic mass is 10.2. The lowest BCUT2D eigenvalue weighted by Crippen LogP contribution is -2.14. The summed E-state index contributed by atoms with van der Waals surface area (Å²) in [5.74, 6) is 0.646. The number of nitrogens with zero attached hydrogens (tertiary/aromatic N) is 1. The smallest absolute Gasteiger partial charge is 0.263 e. The van der Waals surface area contributed by atoms with Crippen LogP contribution in [0.2, 0.25) is 0 Å². The SMILES string of the molecule is CCNc1ccc(S(=O)(=O)Nc2ccc(C)cc2Br)cn1. The van der Waals surface area contributed by atoms with E-state index in [9.17, 15) is 8.42 Å². The number of aryl methyl sites for hydroxylation is 1. The Hall–Kier alpha value is -1.60. The number of sulfonamides is 1. The predicted octanol–water partition coefficient (Wildman–Crippen LogP) is 3.39. The average molecular weight is 370 g/mol. The Labute approximate surface area is 133 Å². The Balaban J connectivity index is 2.25. The van der Waals surface area contributed by atoms with Crippen molar-refractivity contribution in [3.63, 3.8) is 0 Å². The van der Waals surface area contributed by atoms with Gasteiger partial charge in [0.05, 0.1) is 5.69 Å². The van der Waals surface area contributed by atoms with E-state index in [4.69, 9.17) is 0 Å². The molecule has 0 saturated carbocycles. The molecule has 5 nitrogen and oxygen atoms in total. The molecule has 112 valence electrons. The molecule has 2 N–H and O–H groups in total. The molecule has 0 spiro atoms. The van der Waals surface area contributed by atoms with Crippen LogP contribution in [0.25, 0.3) is 0 Å². The van der Waals surface area contributed by atoms with Crippen LogP contribution in [0, 0.1) is 6.92 Å². The Morgan fingerprint density at radius 1 is 1.24 bits per heavy atom. The summed E-state index contributed by atoms with van der Waals surface area (Å²) in [5, 5.41) is 3.02. The van der Waals surface area contributed by atoms with E-state index in [0.29, 0.717) is 16.0 Å². The second-order valence-electron chi connectivity index (χ2n) is 4.50. The fraction of sp³-hybridized carbons (Fsp3) is 0.214. The van der Waals surface area contributed by atoms with E-state index >= 15 is 0 Å². The molecule has 0 aliphatic heterocycles. The van der Waals surface area contributed by atoms with Crippen LogP contribution < -0.4 is 10.0 Å². The quantitative estimate of drug-likeness (QED) is 0.847. The number of rotatable bonds is 5. The van der Waals surface area contributed by atoms with Gasteiger partial charge in [-0.15, -0.1) is 0 Å². The highest BCUT2D eigenvalue weighted by Crippen LogP contribution is 2.26. The molecule has 0 aliphatic carbocycles. The average Bonchev–Trinajstić information content (AvgIpc) is 2.43. The molecule has 2 rings (SSSR count). The summed E-state index contributed by atoms with van der Waals surface area (Å²) in [6.45, 7) is 4.61. The summed E-state index contributed by atoms with van der Waals surface area (Å²) < 4.78 is 27.9. The number of benzene rings is 1. The standard InChI is InChI=1S/C14H16BrN3O2S/c1-3-16-14-7-5-11(9-17-14)21(19,20)18-13-6-4-10(2)8-12(13)15/h4-9,18H,3H2,1-2H3,(H,16,17). The molecule has 0 radical (unpaired) electrons. The van der Waals surface area contributed by atoms with Gasteiger partial charge in [-0.2, -0.15) is 0 Å². The first kappa shape index (κ1) is 15.8. The molecule has 1 aromatic carbocycles. The van der Waals surface area contributed by atoms with Crippen molar-refractivity contribution < 1.29 is 8.42 Å². The fourth-order valence-corrected chi connectivity index (χ4v) is 3.48. The zero-order valence-electron chi connectivity index (χ0n) is 11.7. The monoisotopic (exact) mass is 369 g/mol. The van der Waals surface area contributed by atoms with Crippen molar-refractivity contribution in [3.8, 4) is 0 Å². The summed E-state index contributed by atoms with van der Waals surface area (Å²) in [7, 11) is -3.65. The van der Waals surface area contributed by atoms with E-state index in [-0.39, 0.29) is 4.90 Å². The van der Waals surface area contributed by atoms with Gasteiger partial charge in [-0.1, -0.05) is 6.07 Å².